The Balaban J connectivity index is 2.11. The molecule has 0 unspecified atom stereocenters. The van der Waals surface area contributed by atoms with Gasteiger partial charge in [-0.3, -0.25) is 4.52 Å². The molecule has 2 aromatic rings. The minimum Gasteiger partial charge on any atom is -0.424 e. The number of para-hydroxylation sites is 1. The van der Waals surface area contributed by atoms with E-state index >= 15 is 0 Å². The molecule has 0 saturated heterocycles. The van der Waals surface area contributed by atoms with E-state index in [-0.39, 0.29) is 6.16 Å². The van der Waals surface area contributed by atoms with E-state index in [0.717, 1.165) is 18.4 Å². The molecule has 21 heavy (non-hydrogen) atoms. The third-order valence-corrected chi connectivity index (χ3v) is 4.81. The fourth-order valence-corrected chi connectivity index (χ4v) is 3.62. The van der Waals surface area contributed by atoms with Crippen molar-refractivity contribution in [1.29, 1.82) is 0 Å². The Bertz CT molecular complexity index is 524. The van der Waals surface area contributed by atoms with Gasteiger partial charge in [-0.1, -0.05) is 61.9 Å². The van der Waals surface area contributed by atoms with E-state index in [1.165, 1.54) is 0 Å². The van der Waals surface area contributed by atoms with Crippen LogP contribution < -0.4 is 4.52 Å². The van der Waals surface area contributed by atoms with Crippen LogP contribution in [0.1, 0.15) is 25.3 Å². The predicted octanol–water partition coefficient (Wildman–Crippen LogP) is 5.28. The van der Waals surface area contributed by atoms with Gasteiger partial charge in [-0.25, -0.2) is 4.57 Å². The molecule has 0 heterocycles. The van der Waals surface area contributed by atoms with Crippen LogP contribution in [0.4, 0.5) is 0 Å². The van der Waals surface area contributed by atoms with Crippen molar-refractivity contribution in [2.24, 2.45) is 0 Å². The molecule has 0 aliphatic rings. The minimum absolute atomic E-state index is 0.284. The molecule has 4 heteroatoms. The van der Waals surface area contributed by atoms with Crippen molar-refractivity contribution in [2.75, 3.05) is 6.61 Å². The Labute approximate surface area is 126 Å². The van der Waals surface area contributed by atoms with Crippen LogP contribution in [0.3, 0.4) is 0 Å². The van der Waals surface area contributed by atoms with Crippen LogP contribution in [0.2, 0.25) is 0 Å². The summed E-state index contributed by atoms with van der Waals surface area (Å²) in [6.07, 6.45) is 2.15. The van der Waals surface area contributed by atoms with Crippen LogP contribution in [-0.4, -0.2) is 6.61 Å². The number of hydrogen-bond donors (Lipinski definition) is 0. The van der Waals surface area contributed by atoms with Gasteiger partial charge in [0.1, 0.15) is 5.75 Å². The first kappa shape index (κ1) is 15.8. The molecule has 0 aliphatic carbocycles. The van der Waals surface area contributed by atoms with Gasteiger partial charge >= 0.3 is 7.60 Å². The van der Waals surface area contributed by atoms with Gasteiger partial charge in [0.05, 0.1) is 12.8 Å². The fourth-order valence-electron chi connectivity index (χ4n) is 1.90. The van der Waals surface area contributed by atoms with Gasteiger partial charge in [0.25, 0.3) is 0 Å². The minimum atomic E-state index is -3.19. The molecule has 1 atom stereocenters. The lowest BCUT2D eigenvalue weighted by Gasteiger charge is -2.19. The summed E-state index contributed by atoms with van der Waals surface area (Å²) in [4.78, 5) is 0. The average Bonchev–Trinajstić information content (AvgIpc) is 2.49. The van der Waals surface area contributed by atoms with Crippen molar-refractivity contribution in [3.05, 3.63) is 66.2 Å². The molecule has 2 aromatic carbocycles. The van der Waals surface area contributed by atoms with Crippen LogP contribution in [0.5, 0.6) is 5.75 Å². The summed E-state index contributed by atoms with van der Waals surface area (Å²) in [7, 11) is -3.19. The highest BCUT2D eigenvalue weighted by atomic mass is 31.2. The maximum Gasteiger partial charge on any atom is 0.383 e. The second-order valence-electron chi connectivity index (χ2n) is 4.85. The second kappa shape index (κ2) is 8.02. The van der Waals surface area contributed by atoms with Crippen LogP contribution >= 0.6 is 7.60 Å². The lowest BCUT2D eigenvalue weighted by atomic mass is 10.2. The van der Waals surface area contributed by atoms with Gasteiger partial charge in [0, 0.05) is 0 Å². The Morgan fingerprint density at radius 2 is 1.57 bits per heavy atom. The standard InChI is InChI=1S/C17H21O3P/c1-2-3-14-19-21(18,15-16-10-6-4-7-11-16)20-17-12-8-5-9-13-17/h4-13H,2-3,14-15H2,1H3/t21-/m0/s1. The summed E-state index contributed by atoms with van der Waals surface area (Å²) in [6.45, 7) is 2.52. The van der Waals surface area contributed by atoms with Crippen molar-refractivity contribution < 1.29 is 13.6 Å². The molecule has 0 aliphatic heterocycles. The SMILES string of the molecule is CCCCO[P@@](=O)(Cc1ccccc1)Oc1ccccc1. The summed E-state index contributed by atoms with van der Waals surface area (Å²) in [5, 5.41) is 0. The van der Waals surface area contributed by atoms with Crippen LogP contribution in [0, 0.1) is 0 Å². The van der Waals surface area contributed by atoms with Crippen molar-refractivity contribution in [3.63, 3.8) is 0 Å². The molecule has 0 N–H and O–H groups in total. The lowest BCUT2D eigenvalue weighted by Crippen LogP contribution is -2.03. The van der Waals surface area contributed by atoms with Crippen molar-refractivity contribution in [1.82, 2.24) is 0 Å². The third kappa shape index (κ3) is 5.37. The average molecular weight is 304 g/mol. The van der Waals surface area contributed by atoms with E-state index in [1.54, 1.807) is 12.1 Å². The van der Waals surface area contributed by atoms with Crippen LogP contribution in [0.25, 0.3) is 0 Å². The molecular weight excluding hydrogens is 283 g/mol. The zero-order chi connectivity index (χ0) is 15.0. The molecule has 3 nitrogen and oxygen atoms in total. The quantitative estimate of drug-likeness (QED) is 0.492. The molecule has 0 amide bonds. The van der Waals surface area contributed by atoms with Gasteiger partial charge in [-0.15, -0.1) is 0 Å². The molecule has 0 fully saturated rings. The van der Waals surface area contributed by atoms with Gasteiger partial charge in [0.15, 0.2) is 0 Å². The summed E-state index contributed by atoms with van der Waals surface area (Å²) < 4.78 is 24.3. The van der Waals surface area contributed by atoms with Crippen LogP contribution in [0.15, 0.2) is 60.7 Å². The number of hydrogen-bond acceptors (Lipinski definition) is 3. The van der Waals surface area contributed by atoms with Crippen LogP contribution in [-0.2, 0) is 15.3 Å². The molecule has 0 bridgehead atoms. The maximum atomic E-state index is 13.0. The summed E-state index contributed by atoms with van der Waals surface area (Å²) in [5.41, 5.74) is 0.952. The van der Waals surface area contributed by atoms with E-state index in [1.807, 2.05) is 48.5 Å². The summed E-state index contributed by atoms with van der Waals surface area (Å²) in [5.74, 6) is 0.577. The van der Waals surface area contributed by atoms with Gasteiger partial charge < -0.3 is 4.52 Å². The lowest BCUT2D eigenvalue weighted by molar-refractivity contribution is 0.259. The Morgan fingerprint density at radius 3 is 2.19 bits per heavy atom. The second-order valence-corrected chi connectivity index (χ2v) is 6.82. The number of benzene rings is 2. The predicted molar refractivity (Wildman–Crippen MR) is 85.7 cm³/mol. The molecule has 2 rings (SSSR count). The molecule has 0 saturated carbocycles. The van der Waals surface area contributed by atoms with E-state index in [4.69, 9.17) is 9.05 Å². The third-order valence-electron chi connectivity index (χ3n) is 2.99. The van der Waals surface area contributed by atoms with Gasteiger partial charge in [-0.2, -0.15) is 0 Å². The highest BCUT2D eigenvalue weighted by molar-refractivity contribution is 7.53. The molecule has 112 valence electrons. The number of unbranched alkanes of at least 4 members (excludes halogenated alkanes) is 1. The topological polar surface area (TPSA) is 35.5 Å². The summed E-state index contributed by atoms with van der Waals surface area (Å²) >= 11 is 0. The van der Waals surface area contributed by atoms with E-state index < -0.39 is 7.60 Å². The zero-order valence-electron chi connectivity index (χ0n) is 12.3. The Kier molecular flexibility index (Phi) is 6.04. The van der Waals surface area contributed by atoms with Crippen molar-refractivity contribution in [3.8, 4) is 5.75 Å². The van der Waals surface area contributed by atoms with Gasteiger partial charge in [-0.05, 0) is 24.1 Å². The number of rotatable bonds is 8. The maximum absolute atomic E-state index is 13.0. The molecule has 0 radical (unpaired) electrons. The largest absolute Gasteiger partial charge is 0.424 e. The Hall–Kier alpha value is -1.57. The Morgan fingerprint density at radius 1 is 0.952 bits per heavy atom. The highest BCUT2D eigenvalue weighted by Gasteiger charge is 2.26. The smallest absolute Gasteiger partial charge is 0.383 e. The first-order valence-electron chi connectivity index (χ1n) is 7.24. The normalized spacial score (nSPS) is 13.6. The van der Waals surface area contributed by atoms with Gasteiger partial charge in [0.2, 0.25) is 0 Å². The molecule has 0 spiro atoms. The highest BCUT2D eigenvalue weighted by Crippen LogP contribution is 2.51. The van der Waals surface area contributed by atoms with E-state index in [2.05, 4.69) is 6.92 Å². The first-order chi connectivity index (χ1) is 10.2. The molecule has 0 aromatic heterocycles. The van der Waals surface area contributed by atoms with E-state index in [0.29, 0.717) is 12.4 Å². The first-order valence-corrected chi connectivity index (χ1v) is 8.97. The van der Waals surface area contributed by atoms with E-state index in [9.17, 15) is 4.57 Å². The van der Waals surface area contributed by atoms with Crippen molar-refractivity contribution in [2.45, 2.75) is 25.9 Å². The zero-order valence-corrected chi connectivity index (χ0v) is 13.2. The fraction of sp³-hybridized carbons (Fsp3) is 0.294. The molecular formula is C17H21O3P. The monoisotopic (exact) mass is 304 g/mol. The summed E-state index contributed by atoms with van der Waals surface area (Å²) in [6, 6.07) is 18.8. The van der Waals surface area contributed by atoms with Crippen molar-refractivity contribution >= 4 is 7.60 Å².